The molecule has 69 heavy (non-hydrogen) atoms. The highest BCUT2D eigenvalue weighted by molar-refractivity contribution is 6.12. The first kappa shape index (κ1) is 48.7. The highest BCUT2D eigenvalue weighted by atomic mass is 16.2. The molecular formula is C52H56N14O3. The molecule has 10 rings (SSSR count). The largest absolute Gasteiger partial charge is 0.364 e. The third-order valence-electron chi connectivity index (χ3n) is 11.9. The third-order valence-corrected chi connectivity index (χ3v) is 11.9. The number of likely N-dealkylation sites (tertiary alicyclic amines) is 2. The van der Waals surface area contributed by atoms with Crippen molar-refractivity contribution < 1.29 is 14.4 Å². The molecule has 352 valence electrons. The number of primary amides is 1. The minimum atomic E-state index is -0.627. The topological polar surface area (TPSA) is 240 Å². The van der Waals surface area contributed by atoms with Gasteiger partial charge in [0.1, 0.15) is 17.5 Å². The predicted molar refractivity (Wildman–Crippen MR) is 268 cm³/mol. The van der Waals surface area contributed by atoms with Gasteiger partial charge in [0, 0.05) is 59.8 Å². The van der Waals surface area contributed by atoms with Gasteiger partial charge in [-0.15, -0.1) is 0 Å². The number of nitrogens with zero attached hydrogens (tertiary/aromatic N) is 9. The van der Waals surface area contributed by atoms with E-state index >= 15 is 0 Å². The van der Waals surface area contributed by atoms with Crippen molar-refractivity contribution in [3.05, 3.63) is 144 Å². The van der Waals surface area contributed by atoms with Crippen molar-refractivity contribution >= 4 is 50.9 Å². The van der Waals surface area contributed by atoms with Crippen LogP contribution in [0.2, 0.25) is 0 Å². The minimum absolute atomic E-state index is 0. The Bertz CT molecular complexity index is 3090. The number of aromatic amines is 2. The Hall–Kier alpha value is -8.20. The number of H-pyrrole nitrogens is 2. The van der Waals surface area contributed by atoms with Crippen molar-refractivity contribution in [2.75, 3.05) is 36.8 Å². The van der Waals surface area contributed by atoms with E-state index in [9.17, 15) is 14.4 Å². The van der Waals surface area contributed by atoms with Gasteiger partial charge in [0.2, 0.25) is 0 Å². The maximum atomic E-state index is 12.9. The smallest absolute Gasteiger partial charge is 0.276 e. The molecule has 2 fully saturated rings. The molecule has 2 aliphatic rings. The number of pyridine rings is 4. The molecule has 17 heteroatoms. The monoisotopic (exact) mass is 924 g/mol. The number of fused-ring (bicyclic) bond motifs is 2. The Morgan fingerprint density at radius 1 is 0.580 bits per heavy atom. The molecular weight excluding hydrogens is 869 g/mol. The SMILES string of the molecule is C.C.N#Cc1ccc(NC(=O)c2n[nH]c3ccc(-c4cncc(CN5CCCCC5)c4)cc23)cn1.NC(=O)c1ccc(NC(=O)c2n[nH]c3ccc(-c4cncc(CN5CCCCC5)c4)cc23)cn1. The number of anilines is 2. The van der Waals surface area contributed by atoms with Gasteiger partial charge in [0.05, 0.1) is 34.8 Å². The number of hydrogen-bond acceptors (Lipinski definition) is 12. The number of nitrogens with two attached hydrogens (primary N) is 1. The zero-order chi connectivity index (χ0) is 46.1. The summed E-state index contributed by atoms with van der Waals surface area (Å²) in [6.45, 7) is 6.33. The highest BCUT2D eigenvalue weighted by Crippen LogP contribution is 2.29. The lowest BCUT2D eigenvalue weighted by Crippen LogP contribution is -2.29. The van der Waals surface area contributed by atoms with Crippen LogP contribution in [0, 0.1) is 11.3 Å². The van der Waals surface area contributed by atoms with Crippen molar-refractivity contribution in [1.29, 1.82) is 5.26 Å². The van der Waals surface area contributed by atoms with Gasteiger partial charge in [-0.1, -0.05) is 39.8 Å². The molecule has 0 aliphatic carbocycles. The molecule has 6 N–H and O–H groups in total. The summed E-state index contributed by atoms with van der Waals surface area (Å²) in [6.07, 6.45) is 18.0. The van der Waals surface area contributed by atoms with Crippen molar-refractivity contribution in [2.45, 2.75) is 66.5 Å². The van der Waals surface area contributed by atoms with Crippen LogP contribution in [-0.4, -0.2) is 94.0 Å². The van der Waals surface area contributed by atoms with Gasteiger partial charge in [0.15, 0.2) is 11.4 Å². The molecule has 0 saturated carbocycles. The van der Waals surface area contributed by atoms with Gasteiger partial charge in [-0.05, 0) is 135 Å². The second-order valence-electron chi connectivity index (χ2n) is 16.8. The van der Waals surface area contributed by atoms with Gasteiger partial charge in [0.25, 0.3) is 17.7 Å². The van der Waals surface area contributed by atoms with Crippen LogP contribution in [-0.2, 0) is 13.1 Å². The summed E-state index contributed by atoms with van der Waals surface area (Å²) in [6, 6.07) is 24.3. The average molecular weight is 925 g/mol. The summed E-state index contributed by atoms with van der Waals surface area (Å²) in [5.74, 6) is -1.35. The van der Waals surface area contributed by atoms with Crippen LogP contribution >= 0.6 is 0 Å². The minimum Gasteiger partial charge on any atom is -0.364 e. The molecule has 0 atom stereocenters. The lowest BCUT2D eigenvalue weighted by Gasteiger charge is -2.26. The number of nitrogens with one attached hydrogen (secondary N) is 4. The number of nitriles is 1. The van der Waals surface area contributed by atoms with E-state index in [1.54, 1.807) is 18.2 Å². The van der Waals surface area contributed by atoms with E-state index in [1.807, 2.05) is 67.3 Å². The standard InChI is InChI=1S/C25H25N7O2.C25H23N7O.2CH4/c26-24(33)22-7-5-19(14-28-22)29-25(34)23-20-11-17(4-6-21(20)30-31-23)18-10-16(12-27-13-18)15-32-8-2-1-3-9-32;26-12-20-5-6-21(15-28-20)29-25(33)24-22-11-18(4-7-23(22)30-31-24)19-10-17(13-27-14-19)16-32-8-2-1-3-9-32;;/h4-7,10-14H,1-3,8-9,15H2,(H2,26,33)(H,29,34)(H,30,31);4-7,10-11,13-15H,1-3,8-9,16H2,(H,29,33)(H,30,31);2*1H4. The second-order valence-corrected chi connectivity index (χ2v) is 16.8. The number of amides is 3. The van der Waals surface area contributed by atoms with Gasteiger partial charge < -0.3 is 16.4 Å². The molecule has 17 nitrogen and oxygen atoms in total. The number of hydrogen-bond donors (Lipinski definition) is 5. The molecule has 2 aromatic carbocycles. The van der Waals surface area contributed by atoms with Crippen LogP contribution in [0.15, 0.2) is 110 Å². The second kappa shape index (κ2) is 22.5. The Morgan fingerprint density at radius 3 is 1.48 bits per heavy atom. The molecule has 0 radical (unpaired) electrons. The highest BCUT2D eigenvalue weighted by Gasteiger charge is 2.19. The van der Waals surface area contributed by atoms with Crippen molar-refractivity contribution in [1.82, 2.24) is 50.1 Å². The summed E-state index contributed by atoms with van der Waals surface area (Å²) in [5, 5.41) is 30.1. The van der Waals surface area contributed by atoms with E-state index < -0.39 is 5.91 Å². The molecule has 0 spiro atoms. The first-order valence-corrected chi connectivity index (χ1v) is 22.3. The molecule has 2 aliphatic heterocycles. The summed E-state index contributed by atoms with van der Waals surface area (Å²) in [7, 11) is 0. The molecule has 8 aromatic rings. The normalized spacial score (nSPS) is 13.8. The maximum Gasteiger partial charge on any atom is 0.276 e. The Labute approximate surface area is 400 Å². The molecule has 0 unspecified atom stereocenters. The van der Waals surface area contributed by atoms with Gasteiger partial charge in [-0.25, -0.2) is 9.97 Å². The lowest BCUT2D eigenvalue weighted by molar-refractivity contribution is 0.0992. The number of piperidine rings is 2. The molecule has 0 bridgehead atoms. The van der Waals surface area contributed by atoms with Gasteiger partial charge in [-0.2, -0.15) is 15.5 Å². The molecule has 6 aromatic heterocycles. The molecule has 8 heterocycles. The fraction of sp³-hybridized carbons (Fsp3) is 0.269. The van der Waals surface area contributed by atoms with Crippen LogP contribution in [0.25, 0.3) is 44.1 Å². The summed E-state index contributed by atoms with van der Waals surface area (Å²) in [4.78, 5) is 58.8. The predicted octanol–water partition coefficient (Wildman–Crippen LogP) is 8.76. The lowest BCUT2D eigenvalue weighted by atomic mass is 10.0. The molecule has 2 saturated heterocycles. The van der Waals surface area contributed by atoms with E-state index in [0.717, 1.165) is 77.9 Å². The van der Waals surface area contributed by atoms with Crippen LogP contribution in [0.4, 0.5) is 11.4 Å². The fourth-order valence-corrected chi connectivity index (χ4v) is 8.48. The third kappa shape index (κ3) is 11.9. The summed E-state index contributed by atoms with van der Waals surface area (Å²) < 4.78 is 0. The first-order valence-electron chi connectivity index (χ1n) is 22.3. The quantitative estimate of drug-likeness (QED) is 0.0818. The number of aromatic nitrogens is 8. The van der Waals surface area contributed by atoms with E-state index in [1.165, 1.54) is 68.1 Å². The van der Waals surface area contributed by atoms with Gasteiger partial charge >= 0.3 is 0 Å². The number of benzene rings is 2. The van der Waals surface area contributed by atoms with Crippen LogP contribution in [0.5, 0.6) is 0 Å². The average Bonchev–Trinajstić information content (AvgIpc) is 4.00. The maximum absolute atomic E-state index is 12.9. The van der Waals surface area contributed by atoms with Crippen LogP contribution < -0.4 is 16.4 Å². The van der Waals surface area contributed by atoms with Crippen molar-refractivity contribution in [3.63, 3.8) is 0 Å². The van der Waals surface area contributed by atoms with Crippen LogP contribution in [0.1, 0.15) is 102 Å². The van der Waals surface area contributed by atoms with Crippen molar-refractivity contribution in [3.8, 4) is 28.3 Å². The number of carbonyl (C=O) groups excluding carboxylic acids is 3. The number of rotatable bonds is 11. The van der Waals surface area contributed by atoms with Gasteiger partial charge in [-0.3, -0.25) is 44.3 Å². The Balaban J connectivity index is 0.000000198. The van der Waals surface area contributed by atoms with E-state index in [2.05, 4.69) is 72.9 Å². The summed E-state index contributed by atoms with van der Waals surface area (Å²) in [5.41, 5.74) is 15.0. The zero-order valence-electron chi connectivity index (χ0n) is 36.7. The number of carbonyl (C=O) groups is 3. The van der Waals surface area contributed by atoms with E-state index in [-0.39, 0.29) is 38.1 Å². The first-order chi connectivity index (χ1) is 32.8. The van der Waals surface area contributed by atoms with Crippen LogP contribution in [0.3, 0.4) is 0 Å². The van der Waals surface area contributed by atoms with E-state index in [0.29, 0.717) is 28.1 Å². The van der Waals surface area contributed by atoms with Crippen molar-refractivity contribution in [2.24, 2.45) is 5.73 Å². The summed E-state index contributed by atoms with van der Waals surface area (Å²) >= 11 is 0. The Morgan fingerprint density at radius 2 is 1.06 bits per heavy atom. The Kier molecular flexibility index (Phi) is 15.9. The zero-order valence-corrected chi connectivity index (χ0v) is 36.7. The fourth-order valence-electron chi connectivity index (χ4n) is 8.48. The molecule has 3 amide bonds. The van der Waals surface area contributed by atoms with E-state index in [4.69, 9.17) is 11.0 Å².